The minimum absolute atomic E-state index is 0.00474. The smallest absolute Gasteiger partial charge is 0.329 e. The maximum Gasteiger partial charge on any atom is 0.329 e. The molecule has 0 radical (unpaired) electrons. The standard InChI is InChI=1S/C14H17N7O3/c1-19-8-9(6-17-19)12(22)5-10-3-2-4-20(10)14-16-7-11(21(23)24)13(15)18-14/h6-8,10H,2-5H2,1H3,(H2,15,16,18). The monoisotopic (exact) mass is 331 g/mol. The lowest BCUT2D eigenvalue weighted by Gasteiger charge is -2.24. The van der Waals surface area contributed by atoms with Crippen LogP contribution in [0.2, 0.25) is 0 Å². The molecule has 1 aliphatic heterocycles. The van der Waals surface area contributed by atoms with E-state index in [1.807, 2.05) is 4.90 Å². The molecule has 0 bridgehead atoms. The summed E-state index contributed by atoms with van der Waals surface area (Å²) < 4.78 is 1.58. The van der Waals surface area contributed by atoms with Gasteiger partial charge < -0.3 is 10.6 Å². The molecule has 10 heteroatoms. The van der Waals surface area contributed by atoms with Gasteiger partial charge in [-0.2, -0.15) is 10.1 Å². The molecule has 0 amide bonds. The highest BCUT2D eigenvalue weighted by molar-refractivity contribution is 5.96. The Morgan fingerprint density at radius 2 is 2.29 bits per heavy atom. The number of anilines is 2. The summed E-state index contributed by atoms with van der Waals surface area (Å²) >= 11 is 0. The highest BCUT2D eigenvalue weighted by Gasteiger charge is 2.30. The second-order valence-electron chi connectivity index (χ2n) is 5.72. The molecule has 0 aromatic carbocycles. The van der Waals surface area contributed by atoms with Crippen LogP contribution >= 0.6 is 0 Å². The molecule has 1 fully saturated rings. The normalized spacial score (nSPS) is 17.2. The van der Waals surface area contributed by atoms with Crippen LogP contribution in [0.25, 0.3) is 0 Å². The molecule has 2 aromatic rings. The minimum Gasteiger partial charge on any atom is -0.378 e. The largest absolute Gasteiger partial charge is 0.378 e. The number of hydrogen-bond acceptors (Lipinski definition) is 8. The molecule has 0 aliphatic carbocycles. The molecule has 0 spiro atoms. The summed E-state index contributed by atoms with van der Waals surface area (Å²) in [6.07, 6.45) is 6.36. The predicted octanol–water partition coefficient (Wildman–Crippen LogP) is 0.942. The molecule has 1 saturated heterocycles. The molecule has 2 aromatic heterocycles. The van der Waals surface area contributed by atoms with Gasteiger partial charge >= 0.3 is 5.69 Å². The average molecular weight is 331 g/mol. The van der Waals surface area contributed by atoms with E-state index in [4.69, 9.17) is 5.73 Å². The number of nitrogens with zero attached hydrogens (tertiary/aromatic N) is 6. The molecule has 126 valence electrons. The summed E-state index contributed by atoms with van der Waals surface area (Å²) in [6, 6.07) is -0.0569. The Balaban J connectivity index is 1.77. The van der Waals surface area contributed by atoms with E-state index < -0.39 is 4.92 Å². The molecule has 24 heavy (non-hydrogen) atoms. The molecule has 2 N–H and O–H groups in total. The zero-order valence-electron chi connectivity index (χ0n) is 13.1. The number of rotatable bonds is 5. The summed E-state index contributed by atoms with van der Waals surface area (Å²) in [5, 5.41) is 14.8. The van der Waals surface area contributed by atoms with Crippen molar-refractivity contribution in [1.29, 1.82) is 0 Å². The Labute approximate surface area is 137 Å². The number of carbonyl (C=O) groups is 1. The van der Waals surface area contributed by atoms with Gasteiger partial charge in [-0.1, -0.05) is 0 Å². The van der Waals surface area contributed by atoms with Gasteiger partial charge in [0.2, 0.25) is 11.8 Å². The van der Waals surface area contributed by atoms with Crippen molar-refractivity contribution in [2.45, 2.75) is 25.3 Å². The van der Waals surface area contributed by atoms with Gasteiger partial charge in [0, 0.05) is 32.3 Å². The fourth-order valence-corrected chi connectivity index (χ4v) is 2.87. The second-order valence-corrected chi connectivity index (χ2v) is 5.72. The molecule has 1 unspecified atom stereocenters. The van der Waals surface area contributed by atoms with Crippen LogP contribution in [-0.4, -0.2) is 43.0 Å². The summed E-state index contributed by atoms with van der Waals surface area (Å²) in [5.41, 5.74) is 5.88. The van der Waals surface area contributed by atoms with Crippen molar-refractivity contribution in [3.8, 4) is 0 Å². The average Bonchev–Trinajstić information content (AvgIpc) is 3.15. The van der Waals surface area contributed by atoms with Crippen LogP contribution < -0.4 is 10.6 Å². The molecule has 3 rings (SSSR count). The first-order chi connectivity index (χ1) is 11.5. The maximum absolute atomic E-state index is 12.4. The molecule has 0 saturated carbocycles. The Morgan fingerprint density at radius 3 is 2.92 bits per heavy atom. The first-order valence-electron chi connectivity index (χ1n) is 7.51. The van der Waals surface area contributed by atoms with Crippen molar-refractivity contribution in [2.24, 2.45) is 7.05 Å². The van der Waals surface area contributed by atoms with Crippen LogP contribution in [0.15, 0.2) is 18.6 Å². The van der Waals surface area contributed by atoms with Crippen molar-refractivity contribution >= 4 is 23.2 Å². The van der Waals surface area contributed by atoms with Crippen molar-refractivity contribution in [2.75, 3.05) is 17.2 Å². The number of carbonyl (C=O) groups excluding carboxylic acids is 1. The topological polar surface area (TPSA) is 133 Å². The number of aromatic nitrogens is 4. The van der Waals surface area contributed by atoms with Crippen LogP contribution in [0, 0.1) is 10.1 Å². The van der Waals surface area contributed by atoms with Crippen molar-refractivity contribution < 1.29 is 9.72 Å². The first-order valence-corrected chi connectivity index (χ1v) is 7.51. The molecule has 1 atom stereocenters. The zero-order chi connectivity index (χ0) is 17.3. The summed E-state index contributed by atoms with van der Waals surface area (Å²) in [7, 11) is 1.76. The van der Waals surface area contributed by atoms with Crippen LogP contribution in [0.5, 0.6) is 0 Å². The van der Waals surface area contributed by atoms with Crippen molar-refractivity contribution in [3.05, 3.63) is 34.3 Å². The van der Waals surface area contributed by atoms with Crippen molar-refractivity contribution in [1.82, 2.24) is 19.7 Å². The van der Waals surface area contributed by atoms with Crippen LogP contribution in [0.1, 0.15) is 29.6 Å². The van der Waals surface area contributed by atoms with Gasteiger partial charge in [-0.3, -0.25) is 19.6 Å². The number of nitrogens with two attached hydrogens (primary N) is 1. The lowest BCUT2D eigenvalue weighted by Crippen LogP contribution is -2.32. The third-order valence-electron chi connectivity index (χ3n) is 4.06. The van der Waals surface area contributed by atoms with E-state index in [9.17, 15) is 14.9 Å². The fourth-order valence-electron chi connectivity index (χ4n) is 2.87. The summed E-state index contributed by atoms with van der Waals surface area (Å²) in [5.74, 6) is 0.142. The molecular formula is C14H17N7O3. The third kappa shape index (κ3) is 3.03. The number of ketones is 1. The first kappa shape index (κ1) is 15.8. The number of hydrogen-bond donors (Lipinski definition) is 1. The Morgan fingerprint density at radius 1 is 1.50 bits per heavy atom. The van der Waals surface area contributed by atoms with E-state index in [-0.39, 0.29) is 23.3 Å². The van der Waals surface area contributed by atoms with E-state index in [1.54, 1.807) is 24.1 Å². The number of aryl methyl sites for hydroxylation is 1. The van der Waals surface area contributed by atoms with E-state index in [0.29, 0.717) is 24.5 Å². The van der Waals surface area contributed by atoms with E-state index in [1.165, 1.54) is 0 Å². The number of Topliss-reactive ketones (excluding diaryl/α,β-unsaturated/α-hetero) is 1. The third-order valence-corrected chi connectivity index (χ3v) is 4.06. The fraction of sp³-hybridized carbons (Fsp3) is 0.429. The van der Waals surface area contributed by atoms with Gasteiger partial charge in [0.05, 0.1) is 16.7 Å². The summed E-state index contributed by atoms with van der Waals surface area (Å²) in [4.78, 5) is 32.5. The quantitative estimate of drug-likeness (QED) is 0.486. The van der Waals surface area contributed by atoms with Crippen molar-refractivity contribution in [3.63, 3.8) is 0 Å². The Bertz CT molecular complexity index is 788. The zero-order valence-corrected chi connectivity index (χ0v) is 13.1. The highest BCUT2D eigenvalue weighted by atomic mass is 16.6. The molecular weight excluding hydrogens is 314 g/mol. The lowest BCUT2D eigenvalue weighted by atomic mass is 10.0. The second kappa shape index (κ2) is 6.22. The SMILES string of the molecule is Cn1cc(C(=O)CC2CCCN2c2ncc([N+](=O)[O-])c(N)n2)cn1. The summed E-state index contributed by atoms with van der Waals surface area (Å²) in [6.45, 7) is 0.683. The van der Waals surface area contributed by atoms with Crippen LogP contribution in [-0.2, 0) is 7.05 Å². The van der Waals surface area contributed by atoms with E-state index in [0.717, 1.165) is 19.0 Å². The minimum atomic E-state index is -0.619. The highest BCUT2D eigenvalue weighted by Crippen LogP contribution is 2.28. The molecule has 10 nitrogen and oxygen atoms in total. The Hall–Kier alpha value is -3.04. The maximum atomic E-state index is 12.4. The lowest BCUT2D eigenvalue weighted by molar-refractivity contribution is -0.384. The van der Waals surface area contributed by atoms with Gasteiger partial charge in [0.25, 0.3) is 0 Å². The molecule has 3 heterocycles. The number of nitrogen functional groups attached to an aromatic ring is 1. The van der Waals surface area contributed by atoms with E-state index >= 15 is 0 Å². The predicted molar refractivity (Wildman–Crippen MR) is 85.6 cm³/mol. The van der Waals surface area contributed by atoms with Gasteiger partial charge in [0.1, 0.15) is 6.20 Å². The van der Waals surface area contributed by atoms with Crippen LogP contribution in [0.4, 0.5) is 17.5 Å². The van der Waals surface area contributed by atoms with Gasteiger partial charge in [-0.25, -0.2) is 4.98 Å². The molecule has 1 aliphatic rings. The Kier molecular flexibility index (Phi) is 4.11. The van der Waals surface area contributed by atoms with Gasteiger partial charge in [-0.15, -0.1) is 0 Å². The number of nitro groups is 1. The van der Waals surface area contributed by atoms with Crippen LogP contribution in [0.3, 0.4) is 0 Å². The van der Waals surface area contributed by atoms with Gasteiger partial charge in [0.15, 0.2) is 5.78 Å². The van der Waals surface area contributed by atoms with Gasteiger partial charge in [-0.05, 0) is 12.8 Å². The van der Waals surface area contributed by atoms with E-state index in [2.05, 4.69) is 15.1 Å².